The number of nitrogens with zero attached hydrogens (tertiary/aromatic N) is 2. The van der Waals surface area contributed by atoms with Crippen molar-refractivity contribution in [3.63, 3.8) is 0 Å². The Labute approximate surface area is 186 Å². The Balaban J connectivity index is 1.10. The molecule has 2 aliphatic rings. The average Bonchev–Trinajstić information content (AvgIpc) is 3.51. The topological polar surface area (TPSA) is 43.4 Å². The van der Waals surface area contributed by atoms with E-state index in [9.17, 15) is 0 Å². The van der Waals surface area contributed by atoms with E-state index in [2.05, 4.69) is 9.80 Å². The highest BCUT2D eigenvalue weighted by atomic mass is 16.6. The van der Waals surface area contributed by atoms with Gasteiger partial charge in [-0.2, -0.15) is 0 Å². The van der Waals surface area contributed by atoms with Gasteiger partial charge in [-0.25, -0.2) is 0 Å². The molecule has 2 saturated heterocycles. The largest absolute Gasteiger partial charge is 0.658 e. The fourth-order valence-electron chi connectivity index (χ4n) is 3.96. The van der Waals surface area contributed by atoms with E-state index in [-0.39, 0.29) is 0 Å². The smallest absolute Gasteiger partial charge is 0.526 e. The first-order valence-corrected chi connectivity index (χ1v) is 11.4. The number of rotatable bonds is 12. The van der Waals surface area contributed by atoms with Crippen molar-refractivity contribution in [2.24, 2.45) is 0 Å². The number of benzene rings is 2. The summed E-state index contributed by atoms with van der Waals surface area (Å²) in [6.45, 7) is 8.19. The predicted molar refractivity (Wildman–Crippen MR) is 122 cm³/mol. The zero-order chi connectivity index (χ0) is 21.1. The fraction of sp³-hybridized carbons (Fsp3) is 0.500. The summed E-state index contributed by atoms with van der Waals surface area (Å²) in [6, 6.07) is 15.2. The summed E-state index contributed by atoms with van der Waals surface area (Å²) in [5.74, 6) is 3.11. The molecule has 0 bridgehead atoms. The van der Waals surface area contributed by atoms with Gasteiger partial charge in [0.1, 0.15) is 36.2 Å². The summed E-state index contributed by atoms with van der Waals surface area (Å²) < 4.78 is 22.7. The molecule has 1 radical (unpaired) electrons. The maximum atomic E-state index is 5.81. The molecule has 0 aliphatic carbocycles. The van der Waals surface area contributed by atoms with Crippen LogP contribution in [0.25, 0.3) is 0 Å². The van der Waals surface area contributed by atoms with E-state index < -0.39 is 0 Å². The van der Waals surface area contributed by atoms with Gasteiger partial charge in [-0.1, -0.05) is 0 Å². The van der Waals surface area contributed by atoms with Crippen LogP contribution >= 0.6 is 0 Å². The summed E-state index contributed by atoms with van der Waals surface area (Å²) in [4.78, 5) is 4.88. The molecule has 0 saturated carbocycles. The van der Waals surface area contributed by atoms with E-state index in [1.54, 1.807) is 0 Å². The third-order valence-corrected chi connectivity index (χ3v) is 5.77. The third-order valence-electron chi connectivity index (χ3n) is 5.77. The van der Waals surface area contributed by atoms with Crippen molar-refractivity contribution in [3.05, 3.63) is 48.5 Å². The van der Waals surface area contributed by atoms with Crippen LogP contribution in [0.5, 0.6) is 23.0 Å². The maximum absolute atomic E-state index is 5.81. The lowest BCUT2D eigenvalue weighted by atomic mass is 10.3. The monoisotopic (exact) mass is 423 g/mol. The molecular weight excluding hydrogens is 391 g/mol. The normalized spacial score (nSPS) is 16.9. The van der Waals surface area contributed by atoms with Crippen molar-refractivity contribution in [2.45, 2.75) is 25.7 Å². The maximum Gasteiger partial charge on any atom is 0.658 e. The van der Waals surface area contributed by atoms with Gasteiger partial charge in [0, 0.05) is 13.1 Å². The summed E-state index contributed by atoms with van der Waals surface area (Å²) in [6.07, 6.45) is 5.23. The zero-order valence-corrected chi connectivity index (χ0v) is 18.2. The summed E-state index contributed by atoms with van der Waals surface area (Å²) in [5.41, 5.74) is 0. The minimum Gasteiger partial charge on any atom is -0.526 e. The Morgan fingerprint density at radius 3 is 1.29 bits per heavy atom. The number of hydrogen-bond donors (Lipinski definition) is 0. The van der Waals surface area contributed by atoms with E-state index in [4.69, 9.17) is 18.8 Å². The highest BCUT2D eigenvalue weighted by molar-refractivity contribution is 6.20. The van der Waals surface area contributed by atoms with E-state index in [1.165, 1.54) is 59.5 Å². The Morgan fingerprint density at radius 1 is 0.548 bits per heavy atom. The quantitative estimate of drug-likeness (QED) is 0.486. The first-order chi connectivity index (χ1) is 15.3. The lowest BCUT2D eigenvalue weighted by Crippen LogP contribution is -2.25. The van der Waals surface area contributed by atoms with Gasteiger partial charge in [0.2, 0.25) is 0 Å². The molecule has 0 spiro atoms. The van der Waals surface area contributed by atoms with Gasteiger partial charge < -0.3 is 18.8 Å². The zero-order valence-electron chi connectivity index (χ0n) is 18.2. The molecule has 2 heterocycles. The highest BCUT2D eigenvalue weighted by Crippen LogP contribution is 2.20. The van der Waals surface area contributed by atoms with Crippen molar-refractivity contribution in [3.8, 4) is 23.0 Å². The summed E-state index contributed by atoms with van der Waals surface area (Å²) in [5, 5.41) is 0. The second kappa shape index (κ2) is 11.9. The van der Waals surface area contributed by atoms with Crippen molar-refractivity contribution in [2.75, 3.05) is 52.5 Å². The molecular formula is C24H32BN2O4. The van der Waals surface area contributed by atoms with E-state index in [1.807, 2.05) is 48.5 Å². The van der Waals surface area contributed by atoms with Gasteiger partial charge in [-0.3, -0.25) is 9.80 Å². The second-order valence-electron chi connectivity index (χ2n) is 8.07. The van der Waals surface area contributed by atoms with Crippen LogP contribution in [0.1, 0.15) is 25.7 Å². The van der Waals surface area contributed by atoms with Crippen molar-refractivity contribution >= 4 is 7.69 Å². The molecule has 0 amide bonds. The Kier molecular flexibility index (Phi) is 8.36. The molecule has 0 unspecified atom stereocenters. The van der Waals surface area contributed by atoms with Crippen LogP contribution in [0.4, 0.5) is 0 Å². The molecule has 0 N–H and O–H groups in total. The summed E-state index contributed by atoms with van der Waals surface area (Å²) in [7, 11) is 1.34. The Hall–Kier alpha value is -2.38. The minimum atomic E-state index is 0.703. The van der Waals surface area contributed by atoms with Crippen molar-refractivity contribution in [1.29, 1.82) is 0 Å². The van der Waals surface area contributed by atoms with Crippen LogP contribution in [0.15, 0.2) is 48.5 Å². The third kappa shape index (κ3) is 7.37. The molecule has 4 rings (SSSR count). The highest BCUT2D eigenvalue weighted by Gasteiger charge is 2.12. The number of hydrogen-bond acceptors (Lipinski definition) is 6. The Bertz CT molecular complexity index is 695. The van der Waals surface area contributed by atoms with Gasteiger partial charge in [-0.15, -0.1) is 0 Å². The predicted octanol–water partition coefficient (Wildman–Crippen LogP) is 3.63. The van der Waals surface area contributed by atoms with E-state index in [0.29, 0.717) is 24.7 Å². The van der Waals surface area contributed by atoms with E-state index in [0.717, 1.165) is 24.6 Å². The molecule has 0 atom stereocenters. The van der Waals surface area contributed by atoms with Crippen LogP contribution < -0.4 is 18.8 Å². The second-order valence-corrected chi connectivity index (χ2v) is 8.07. The van der Waals surface area contributed by atoms with E-state index >= 15 is 0 Å². The molecule has 2 fully saturated rings. The van der Waals surface area contributed by atoms with Crippen LogP contribution in [0, 0.1) is 0 Å². The SMILES string of the molecule is [B](Oc1ccc(OCCN2CCCC2)cc1)Oc1ccc(OCCN2CCCC2)cc1. The fourth-order valence-corrected chi connectivity index (χ4v) is 3.96. The van der Waals surface area contributed by atoms with Gasteiger partial charge in [0.25, 0.3) is 0 Å². The molecule has 0 aromatic heterocycles. The van der Waals surface area contributed by atoms with Crippen LogP contribution in [0.3, 0.4) is 0 Å². The van der Waals surface area contributed by atoms with Crippen molar-refractivity contribution < 1.29 is 18.8 Å². The first kappa shape index (κ1) is 21.8. The van der Waals surface area contributed by atoms with Gasteiger partial charge in [0.05, 0.1) is 0 Å². The molecule has 31 heavy (non-hydrogen) atoms. The lowest BCUT2D eigenvalue weighted by Gasteiger charge is -2.15. The molecule has 2 aromatic rings. The van der Waals surface area contributed by atoms with Crippen molar-refractivity contribution in [1.82, 2.24) is 9.80 Å². The number of likely N-dealkylation sites (tertiary alicyclic amines) is 2. The summed E-state index contributed by atoms with van der Waals surface area (Å²) >= 11 is 0. The molecule has 2 aromatic carbocycles. The number of ether oxygens (including phenoxy) is 2. The lowest BCUT2D eigenvalue weighted by molar-refractivity contribution is 0.237. The minimum absolute atomic E-state index is 0.703. The first-order valence-electron chi connectivity index (χ1n) is 11.4. The van der Waals surface area contributed by atoms with Crippen LogP contribution in [0.2, 0.25) is 0 Å². The van der Waals surface area contributed by atoms with Crippen LogP contribution in [-0.4, -0.2) is 70.0 Å². The standard InChI is InChI=1S/C24H32BN2O4/c1-2-14-26(13-1)17-19-28-21-5-9-23(10-6-21)30-25-31-24-11-7-22(8-12-24)29-20-18-27-15-3-4-16-27/h5-12H,1-4,13-20H2. The van der Waals surface area contributed by atoms with Gasteiger partial charge >= 0.3 is 7.69 Å². The molecule has 165 valence electrons. The van der Waals surface area contributed by atoms with Gasteiger partial charge in [0.15, 0.2) is 0 Å². The molecule has 7 heteroatoms. The molecule has 6 nitrogen and oxygen atoms in total. The van der Waals surface area contributed by atoms with Crippen LogP contribution in [-0.2, 0) is 0 Å². The van der Waals surface area contributed by atoms with Gasteiger partial charge in [-0.05, 0) is 100 Å². The Morgan fingerprint density at radius 2 is 0.903 bits per heavy atom. The molecule has 2 aliphatic heterocycles. The average molecular weight is 423 g/mol.